The van der Waals surface area contributed by atoms with E-state index in [4.69, 9.17) is 4.74 Å². The van der Waals surface area contributed by atoms with E-state index in [0.717, 1.165) is 32.2 Å². The third-order valence-electron chi connectivity index (χ3n) is 3.71. The molecular formula is C13H23NO3. The van der Waals surface area contributed by atoms with E-state index in [9.17, 15) is 9.90 Å². The number of carbonyl (C=O) groups excluding carboxylic acids is 1. The summed E-state index contributed by atoms with van der Waals surface area (Å²) in [6.45, 7) is 6.42. The minimum absolute atomic E-state index is 0.189. The van der Waals surface area contributed by atoms with Crippen LogP contribution in [0.25, 0.3) is 0 Å². The Hall–Kier alpha value is -0.770. The zero-order valence-corrected chi connectivity index (χ0v) is 11.0. The number of ether oxygens (including phenoxy) is 1. The number of hydrogen-bond acceptors (Lipinski definition) is 3. The summed E-state index contributed by atoms with van der Waals surface area (Å²) < 4.78 is 5.43. The molecule has 0 aromatic carbocycles. The molecule has 2 fully saturated rings. The molecule has 2 rings (SSSR count). The Morgan fingerprint density at radius 3 is 2.65 bits per heavy atom. The predicted molar refractivity (Wildman–Crippen MR) is 64.7 cm³/mol. The lowest BCUT2D eigenvalue weighted by molar-refractivity contribution is -0.00452. The van der Waals surface area contributed by atoms with Crippen LogP contribution in [0.3, 0.4) is 0 Å². The molecule has 0 bridgehead atoms. The van der Waals surface area contributed by atoms with Gasteiger partial charge in [-0.15, -0.1) is 0 Å². The second-order valence-corrected chi connectivity index (χ2v) is 6.19. The molecule has 0 aromatic heterocycles. The smallest absolute Gasteiger partial charge is 0.410 e. The molecular weight excluding hydrogens is 218 g/mol. The largest absolute Gasteiger partial charge is 0.444 e. The number of carbonyl (C=O) groups is 1. The van der Waals surface area contributed by atoms with Gasteiger partial charge in [0.15, 0.2) is 0 Å². The van der Waals surface area contributed by atoms with Gasteiger partial charge in [-0.25, -0.2) is 4.79 Å². The average molecular weight is 241 g/mol. The monoisotopic (exact) mass is 241 g/mol. The topological polar surface area (TPSA) is 49.8 Å². The number of piperidine rings is 1. The molecule has 17 heavy (non-hydrogen) atoms. The predicted octanol–water partition coefficient (Wildman–Crippen LogP) is 2.16. The van der Waals surface area contributed by atoms with E-state index >= 15 is 0 Å². The van der Waals surface area contributed by atoms with E-state index < -0.39 is 5.60 Å². The molecule has 98 valence electrons. The molecule has 0 aromatic rings. The van der Waals surface area contributed by atoms with Gasteiger partial charge in [0.1, 0.15) is 5.60 Å². The Bertz CT molecular complexity index is 298. The zero-order chi connectivity index (χ0) is 12.6. The van der Waals surface area contributed by atoms with Crippen LogP contribution in [-0.2, 0) is 4.74 Å². The molecule has 1 amide bonds. The van der Waals surface area contributed by atoms with Crippen LogP contribution in [-0.4, -0.2) is 40.4 Å². The van der Waals surface area contributed by atoms with E-state index in [0.29, 0.717) is 0 Å². The van der Waals surface area contributed by atoms with Crippen molar-refractivity contribution in [3.8, 4) is 0 Å². The number of amides is 1. The third kappa shape index (κ3) is 2.73. The Morgan fingerprint density at radius 2 is 2.00 bits per heavy atom. The van der Waals surface area contributed by atoms with E-state index in [1.165, 1.54) is 0 Å². The van der Waals surface area contributed by atoms with Crippen LogP contribution in [0, 0.1) is 5.92 Å². The summed E-state index contributed by atoms with van der Waals surface area (Å²) in [6, 6.07) is 0.189. The third-order valence-corrected chi connectivity index (χ3v) is 3.71. The minimum Gasteiger partial charge on any atom is -0.444 e. The van der Waals surface area contributed by atoms with Crippen molar-refractivity contribution in [3.05, 3.63) is 0 Å². The van der Waals surface area contributed by atoms with Crippen LogP contribution >= 0.6 is 0 Å². The summed E-state index contributed by atoms with van der Waals surface area (Å²) in [5.41, 5.74) is -0.443. The number of likely N-dealkylation sites (tertiary alicyclic amines) is 1. The van der Waals surface area contributed by atoms with Gasteiger partial charge >= 0.3 is 6.09 Å². The maximum absolute atomic E-state index is 12.1. The molecule has 2 aliphatic rings. The van der Waals surface area contributed by atoms with Crippen molar-refractivity contribution < 1.29 is 14.6 Å². The normalized spacial score (nSPS) is 33.4. The Morgan fingerprint density at radius 1 is 1.29 bits per heavy atom. The number of rotatable bonds is 0. The van der Waals surface area contributed by atoms with Crippen molar-refractivity contribution >= 4 is 6.09 Å². The number of aliphatic hydroxyl groups is 1. The fourth-order valence-corrected chi connectivity index (χ4v) is 3.01. The van der Waals surface area contributed by atoms with Gasteiger partial charge in [-0.05, 0) is 46.5 Å². The summed E-state index contributed by atoms with van der Waals surface area (Å²) in [6.07, 6.45) is 3.27. The van der Waals surface area contributed by atoms with Gasteiger partial charge in [-0.2, -0.15) is 0 Å². The van der Waals surface area contributed by atoms with Gasteiger partial charge in [0.2, 0.25) is 0 Å². The maximum atomic E-state index is 12.1. The van der Waals surface area contributed by atoms with Gasteiger partial charge < -0.3 is 14.7 Å². The quantitative estimate of drug-likeness (QED) is 0.707. The second-order valence-electron chi connectivity index (χ2n) is 6.19. The van der Waals surface area contributed by atoms with Gasteiger partial charge in [0, 0.05) is 18.5 Å². The molecule has 1 saturated carbocycles. The highest BCUT2D eigenvalue weighted by Gasteiger charge is 2.43. The van der Waals surface area contributed by atoms with Gasteiger partial charge in [-0.1, -0.05) is 0 Å². The van der Waals surface area contributed by atoms with Crippen LogP contribution < -0.4 is 0 Å². The molecule has 0 spiro atoms. The van der Waals surface area contributed by atoms with Crippen molar-refractivity contribution in [1.82, 2.24) is 4.90 Å². The SMILES string of the molecule is CC(C)(C)OC(=O)N1CCCC2C(O)CCC21. The fraction of sp³-hybridized carbons (Fsp3) is 0.923. The lowest BCUT2D eigenvalue weighted by Gasteiger charge is -2.39. The number of fused-ring (bicyclic) bond motifs is 1. The second kappa shape index (κ2) is 4.48. The summed E-state index contributed by atoms with van der Waals surface area (Å²) in [4.78, 5) is 13.9. The van der Waals surface area contributed by atoms with Crippen molar-refractivity contribution in [3.63, 3.8) is 0 Å². The average Bonchev–Trinajstić information content (AvgIpc) is 2.58. The van der Waals surface area contributed by atoms with Gasteiger partial charge in [0.05, 0.1) is 6.10 Å². The molecule has 1 N–H and O–H groups in total. The number of hydrogen-bond donors (Lipinski definition) is 1. The van der Waals surface area contributed by atoms with Crippen molar-refractivity contribution in [2.24, 2.45) is 5.92 Å². The van der Waals surface area contributed by atoms with Crippen LogP contribution in [0.15, 0.2) is 0 Å². The molecule has 4 heteroatoms. The standard InChI is InChI=1S/C13H23NO3/c1-13(2,3)17-12(16)14-8-4-5-9-10(14)6-7-11(9)15/h9-11,15H,4-8H2,1-3H3. The number of nitrogens with zero attached hydrogens (tertiary/aromatic N) is 1. The van der Waals surface area contributed by atoms with E-state index in [-0.39, 0.29) is 24.2 Å². The van der Waals surface area contributed by atoms with E-state index in [1.807, 2.05) is 25.7 Å². The molecule has 1 aliphatic carbocycles. The van der Waals surface area contributed by atoms with Crippen molar-refractivity contribution in [2.45, 2.75) is 64.2 Å². The highest BCUT2D eigenvalue weighted by atomic mass is 16.6. The summed E-state index contributed by atoms with van der Waals surface area (Å²) in [5, 5.41) is 9.88. The molecule has 1 saturated heterocycles. The van der Waals surface area contributed by atoms with E-state index in [2.05, 4.69) is 0 Å². The van der Waals surface area contributed by atoms with Gasteiger partial charge in [-0.3, -0.25) is 0 Å². The van der Waals surface area contributed by atoms with Crippen LogP contribution in [0.5, 0.6) is 0 Å². The molecule has 3 atom stereocenters. The first-order valence-electron chi connectivity index (χ1n) is 6.56. The van der Waals surface area contributed by atoms with Gasteiger partial charge in [0.25, 0.3) is 0 Å². The van der Waals surface area contributed by atoms with E-state index in [1.54, 1.807) is 0 Å². The van der Waals surface area contributed by atoms with Crippen molar-refractivity contribution in [1.29, 1.82) is 0 Å². The van der Waals surface area contributed by atoms with Crippen LogP contribution in [0.4, 0.5) is 4.79 Å². The molecule has 4 nitrogen and oxygen atoms in total. The van der Waals surface area contributed by atoms with Crippen molar-refractivity contribution in [2.75, 3.05) is 6.54 Å². The minimum atomic E-state index is -0.443. The highest BCUT2D eigenvalue weighted by molar-refractivity contribution is 5.68. The Kier molecular flexibility index (Phi) is 3.34. The molecule has 1 aliphatic heterocycles. The molecule has 1 heterocycles. The number of aliphatic hydroxyl groups excluding tert-OH is 1. The molecule has 0 radical (unpaired) electrons. The first-order valence-corrected chi connectivity index (χ1v) is 6.56. The van der Waals surface area contributed by atoms with Crippen LogP contribution in [0.2, 0.25) is 0 Å². The van der Waals surface area contributed by atoms with Crippen LogP contribution in [0.1, 0.15) is 46.5 Å². The lowest BCUT2D eigenvalue weighted by atomic mass is 9.91. The summed E-state index contributed by atoms with van der Waals surface area (Å²) in [7, 11) is 0. The maximum Gasteiger partial charge on any atom is 0.410 e. The highest BCUT2D eigenvalue weighted by Crippen LogP contribution is 2.37. The Balaban J connectivity index is 2.03. The fourth-order valence-electron chi connectivity index (χ4n) is 3.01. The first-order chi connectivity index (χ1) is 7.88. The Labute approximate surface area is 103 Å². The zero-order valence-electron chi connectivity index (χ0n) is 11.0. The first kappa shape index (κ1) is 12.7. The summed E-state index contributed by atoms with van der Waals surface area (Å²) in [5.74, 6) is 0.260. The lowest BCUT2D eigenvalue weighted by Crippen LogP contribution is -2.49. The summed E-state index contributed by atoms with van der Waals surface area (Å²) >= 11 is 0. The molecule has 3 unspecified atom stereocenters.